The standard InChI is InChI=1S/C23H32O/c1-4-5-6-7-8-13-20-14-9-10-15-21(20)18(2)19(3)22-16-11-12-17-23(22)24/h9-12,14-19,24H,4-8,13H2,1-3H3. The topological polar surface area (TPSA) is 20.2 Å². The first-order chi connectivity index (χ1) is 11.6. The molecule has 0 bridgehead atoms. The Bertz CT molecular complexity index is 617. The van der Waals surface area contributed by atoms with Crippen LogP contribution in [-0.2, 0) is 6.42 Å². The lowest BCUT2D eigenvalue weighted by Gasteiger charge is -2.24. The fraction of sp³-hybridized carbons (Fsp3) is 0.478. The van der Waals surface area contributed by atoms with Crippen molar-refractivity contribution in [2.24, 2.45) is 0 Å². The molecule has 0 radical (unpaired) electrons. The molecule has 0 aliphatic carbocycles. The number of rotatable bonds is 9. The first kappa shape index (κ1) is 18.6. The molecule has 0 spiro atoms. The molecule has 130 valence electrons. The first-order valence-corrected chi connectivity index (χ1v) is 9.50. The minimum atomic E-state index is 0.299. The van der Waals surface area contributed by atoms with E-state index in [2.05, 4.69) is 45.0 Å². The fourth-order valence-electron chi connectivity index (χ4n) is 3.54. The van der Waals surface area contributed by atoms with E-state index in [4.69, 9.17) is 0 Å². The third-order valence-electron chi connectivity index (χ3n) is 5.27. The van der Waals surface area contributed by atoms with Crippen molar-refractivity contribution in [3.8, 4) is 5.75 Å². The van der Waals surface area contributed by atoms with Gasteiger partial charge >= 0.3 is 0 Å². The summed E-state index contributed by atoms with van der Waals surface area (Å²) in [5, 5.41) is 10.2. The molecule has 2 aromatic carbocycles. The number of benzene rings is 2. The maximum absolute atomic E-state index is 10.2. The van der Waals surface area contributed by atoms with Gasteiger partial charge in [-0.25, -0.2) is 0 Å². The molecule has 2 aromatic rings. The molecular weight excluding hydrogens is 292 g/mol. The zero-order chi connectivity index (χ0) is 17.4. The third-order valence-corrected chi connectivity index (χ3v) is 5.27. The number of aromatic hydroxyl groups is 1. The van der Waals surface area contributed by atoms with Crippen LogP contribution in [0.4, 0.5) is 0 Å². The van der Waals surface area contributed by atoms with Crippen molar-refractivity contribution in [1.29, 1.82) is 0 Å². The van der Waals surface area contributed by atoms with Gasteiger partial charge in [0, 0.05) is 0 Å². The van der Waals surface area contributed by atoms with Crippen LogP contribution < -0.4 is 0 Å². The maximum atomic E-state index is 10.2. The van der Waals surface area contributed by atoms with Gasteiger partial charge in [0.05, 0.1) is 0 Å². The lowest BCUT2D eigenvalue weighted by atomic mass is 9.81. The van der Waals surface area contributed by atoms with E-state index in [1.807, 2.05) is 18.2 Å². The van der Waals surface area contributed by atoms with Gasteiger partial charge in [-0.15, -0.1) is 0 Å². The van der Waals surface area contributed by atoms with E-state index in [1.54, 1.807) is 6.07 Å². The summed E-state index contributed by atoms with van der Waals surface area (Å²) in [4.78, 5) is 0. The summed E-state index contributed by atoms with van der Waals surface area (Å²) in [6, 6.07) is 16.6. The minimum absolute atomic E-state index is 0.299. The number of aryl methyl sites for hydroxylation is 1. The van der Waals surface area contributed by atoms with Crippen LogP contribution in [0.3, 0.4) is 0 Å². The van der Waals surface area contributed by atoms with E-state index in [0.717, 1.165) is 12.0 Å². The van der Waals surface area contributed by atoms with Gasteiger partial charge in [-0.1, -0.05) is 88.9 Å². The van der Waals surface area contributed by atoms with Gasteiger partial charge in [0.1, 0.15) is 5.75 Å². The van der Waals surface area contributed by atoms with Crippen molar-refractivity contribution in [1.82, 2.24) is 0 Å². The summed E-state index contributed by atoms with van der Waals surface area (Å²) < 4.78 is 0. The Kier molecular flexibility index (Phi) is 7.36. The molecule has 0 aliphatic heterocycles. The van der Waals surface area contributed by atoms with E-state index in [9.17, 15) is 5.11 Å². The highest BCUT2D eigenvalue weighted by atomic mass is 16.3. The van der Waals surface area contributed by atoms with Gasteiger partial charge in [0.25, 0.3) is 0 Å². The van der Waals surface area contributed by atoms with E-state index < -0.39 is 0 Å². The summed E-state index contributed by atoms with van der Waals surface area (Å²) in [6.45, 7) is 6.77. The van der Waals surface area contributed by atoms with Gasteiger partial charge < -0.3 is 5.11 Å². The number of phenolic OH excluding ortho intramolecular Hbond substituents is 1. The molecule has 0 aromatic heterocycles. The molecule has 2 unspecified atom stereocenters. The van der Waals surface area contributed by atoms with E-state index in [1.165, 1.54) is 43.2 Å². The van der Waals surface area contributed by atoms with Crippen molar-refractivity contribution in [2.45, 2.75) is 71.1 Å². The highest BCUT2D eigenvalue weighted by Crippen LogP contribution is 2.37. The average molecular weight is 325 g/mol. The molecule has 0 heterocycles. The molecule has 1 heteroatoms. The fourth-order valence-corrected chi connectivity index (χ4v) is 3.54. The first-order valence-electron chi connectivity index (χ1n) is 9.50. The second-order valence-corrected chi connectivity index (χ2v) is 7.00. The summed E-state index contributed by atoms with van der Waals surface area (Å²) in [7, 11) is 0. The van der Waals surface area contributed by atoms with Crippen molar-refractivity contribution in [3.05, 3.63) is 65.2 Å². The smallest absolute Gasteiger partial charge is 0.119 e. The molecule has 0 saturated heterocycles. The Morgan fingerprint density at radius 2 is 1.33 bits per heavy atom. The van der Waals surface area contributed by atoms with E-state index >= 15 is 0 Å². The lowest BCUT2D eigenvalue weighted by Crippen LogP contribution is -2.08. The SMILES string of the molecule is CCCCCCCc1ccccc1C(C)C(C)c1ccccc1O. The van der Waals surface area contributed by atoms with Crippen molar-refractivity contribution in [3.63, 3.8) is 0 Å². The lowest BCUT2D eigenvalue weighted by molar-refractivity contribution is 0.456. The molecule has 1 N–H and O–H groups in total. The van der Waals surface area contributed by atoms with Crippen LogP contribution in [-0.4, -0.2) is 5.11 Å². The summed E-state index contributed by atoms with van der Waals surface area (Å²) in [5.74, 6) is 1.10. The Hall–Kier alpha value is -1.76. The molecule has 2 atom stereocenters. The molecule has 24 heavy (non-hydrogen) atoms. The monoisotopic (exact) mass is 324 g/mol. The number of hydrogen-bond acceptors (Lipinski definition) is 1. The highest BCUT2D eigenvalue weighted by molar-refractivity contribution is 5.39. The zero-order valence-corrected chi connectivity index (χ0v) is 15.5. The van der Waals surface area contributed by atoms with Crippen LogP contribution in [0.5, 0.6) is 5.75 Å². The molecule has 0 saturated carbocycles. The normalized spacial score (nSPS) is 13.6. The predicted octanol–water partition coefficient (Wildman–Crippen LogP) is 6.81. The van der Waals surface area contributed by atoms with Crippen LogP contribution in [0.2, 0.25) is 0 Å². The van der Waals surface area contributed by atoms with Crippen LogP contribution in [0.15, 0.2) is 48.5 Å². The molecule has 0 fully saturated rings. The van der Waals surface area contributed by atoms with Gasteiger partial charge in [-0.3, -0.25) is 0 Å². The van der Waals surface area contributed by atoms with Crippen LogP contribution in [0.1, 0.15) is 81.4 Å². The Balaban J connectivity index is 2.09. The summed E-state index contributed by atoms with van der Waals surface area (Å²) >= 11 is 0. The Morgan fingerprint density at radius 1 is 0.750 bits per heavy atom. The van der Waals surface area contributed by atoms with Crippen LogP contribution in [0.25, 0.3) is 0 Å². The van der Waals surface area contributed by atoms with Crippen LogP contribution >= 0.6 is 0 Å². The molecule has 1 nitrogen and oxygen atoms in total. The quantitative estimate of drug-likeness (QED) is 0.502. The number of para-hydroxylation sites is 1. The largest absolute Gasteiger partial charge is 0.508 e. The number of hydrogen-bond donors (Lipinski definition) is 1. The summed E-state index contributed by atoms with van der Waals surface area (Å²) in [6.07, 6.45) is 7.76. The number of unbranched alkanes of at least 4 members (excludes halogenated alkanes) is 4. The summed E-state index contributed by atoms with van der Waals surface area (Å²) in [5.41, 5.74) is 3.95. The van der Waals surface area contributed by atoms with Crippen molar-refractivity contribution >= 4 is 0 Å². The third kappa shape index (κ3) is 4.87. The van der Waals surface area contributed by atoms with Crippen molar-refractivity contribution < 1.29 is 5.11 Å². The predicted molar refractivity (Wildman–Crippen MR) is 104 cm³/mol. The molecule has 0 aliphatic rings. The Labute approximate surface area is 147 Å². The van der Waals surface area contributed by atoms with Gasteiger partial charge in [-0.05, 0) is 47.4 Å². The second-order valence-electron chi connectivity index (χ2n) is 7.00. The number of phenols is 1. The molecular formula is C23H32O. The van der Waals surface area contributed by atoms with Gasteiger partial charge in [-0.2, -0.15) is 0 Å². The van der Waals surface area contributed by atoms with Gasteiger partial charge in [0.15, 0.2) is 0 Å². The second kappa shape index (κ2) is 9.52. The van der Waals surface area contributed by atoms with Crippen molar-refractivity contribution in [2.75, 3.05) is 0 Å². The highest BCUT2D eigenvalue weighted by Gasteiger charge is 2.20. The minimum Gasteiger partial charge on any atom is -0.508 e. The van der Waals surface area contributed by atoms with Crippen LogP contribution in [0, 0.1) is 0 Å². The van der Waals surface area contributed by atoms with E-state index in [0.29, 0.717) is 17.6 Å². The Morgan fingerprint density at radius 3 is 2.04 bits per heavy atom. The zero-order valence-electron chi connectivity index (χ0n) is 15.5. The molecule has 0 amide bonds. The molecule has 2 rings (SSSR count). The maximum Gasteiger partial charge on any atom is 0.119 e. The van der Waals surface area contributed by atoms with E-state index in [-0.39, 0.29) is 0 Å². The average Bonchev–Trinajstić information content (AvgIpc) is 2.61. The van der Waals surface area contributed by atoms with Gasteiger partial charge in [0.2, 0.25) is 0 Å².